The minimum Gasteiger partial charge on any atom is -0.508 e. The van der Waals surface area contributed by atoms with E-state index in [9.17, 15) is 24.2 Å². The first-order valence-electron chi connectivity index (χ1n) is 11.6. The molecule has 2 heterocycles. The van der Waals surface area contributed by atoms with Crippen LogP contribution in [0.5, 0.6) is 5.75 Å². The molecule has 1 aliphatic heterocycles. The van der Waals surface area contributed by atoms with Crippen molar-refractivity contribution in [2.75, 3.05) is 4.90 Å². The fourth-order valence-electron chi connectivity index (χ4n) is 4.25. The van der Waals surface area contributed by atoms with Gasteiger partial charge in [-0.2, -0.15) is 0 Å². The Bertz CT molecular complexity index is 1580. The highest BCUT2D eigenvalue weighted by atomic mass is 32.2. The van der Waals surface area contributed by atoms with Crippen molar-refractivity contribution < 1.29 is 24.2 Å². The van der Waals surface area contributed by atoms with E-state index in [-0.39, 0.29) is 28.0 Å². The Morgan fingerprint density at radius 1 is 1.05 bits per heavy atom. The van der Waals surface area contributed by atoms with Gasteiger partial charge in [-0.15, -0.1) is 10.2 Å². The Morgan fingerprint density at radius 3 is 2.53 bits per heavy atom. The smallest absolute Gasteiger partial charge is 0.301 e. The number of phenols is 1. The zero-order valence-electron chi connectivity index (χ0n) is 20.4. The number of hydrogen-bond acceptors (Lipinski definition) is 8. The maximum Gasteiger partial charge on any atom is 0.301 e. The predicted molar refractivity (Wildman–Crippen MR) is 145 cm³/mol. The van der Waals surface area contributed by atoms with Crippen LogP contribution in [0.3, 0.4) is 0 Å². The molecular formula is C28H22FN3O4S2. The van der Waals surface area contributed by atoms with Crippen LogP contribution in [0.25, 0.3) is 5.76 Å². The molecule has 0 saturated carbocycles. The number of rotatable bonds is 6. The summed E-state index contributed by atoms with van der Waals surface area (Å²) >= 11 is 2.36. The minimum absolute atomic E-state index is 0.0166. The highest BCUT2D eigenvalue weighted by Crippen LogP contribution is 2.44. The first-order valence-corrected chi connectivity index (χ1v) is 13.4. The molecule has 10 heteroatoms. The maximum atomic E-state index is 14.0. The van der Waals surface area contributed by atoms with Crippen molar-refractivity contribution in [1.29, 1.82) is 0 Å². The van der Waals surface area contributed by atoms with Gasteiger partial charge in [0.15, 0.2) is 4.34 Å². The Morgan fingerprint density at radius 2 is 1.79 bits per heavy atom. The van der Waals surface area contributed by atoms with E-state index in [2.05, 4.69) is 10.2 Å². The molecule has 0 radical (unpaired) electrons. The normalized spacial score (nSPS) is 16.8. The number of anilines is 1. The summed E-state index contributed by atoms with van der Waals surface area (Å²) < 4.78 is 14.5. The molecule has 192 valence electrons. The van der Waals surface area contributed by atoms with E-state index >= 15 is 0 Å². The number of Topliss-reactive ketones (excluding diaryl/α,β-unsaturated/α-hetero) is 1. The van der Waals surface area contributed by atoms with Crippen molar-refractivity contribution in [3.63, 3.8) is 0 Å². The summed E-state index contributed by atoms with van der Waals surface area (Å²) in [6, 6.07) is 17.0. The lowest BCUT2D eigenvalue weighted by Gasteiger charge is -2.22. The van der Waals surface area contributed by atoms with E-state index in [0.717, 1.165) is 22.5 Å². The molecule has 1 aromatic heterocycles. The average Bonchev–Trinajstić information content (AvgIpc) is 3.47. The number of benzene rings is 3. The molecule has 2 N–H and O–H groups in total. The quantitative estimate of drug-likeness (QED) is 0.102. The topological polar surface area (TPSA) is 104 Å². The largest absolute Gasteiger partial charge is 0.508 e. The summed E-state index contributed by atoms with van der Waals surface area (Å²) in [4.78, 5) is 27.9. The molecule has 5 rings (SSSR count). The molecule has 1 unspecified atom stereocenters. The summed E-state index contributed by atoms with van der Waals surface area (Å²) in [5.41, 5.74) is 3.01. The van der Waals surface area contributed by atoms with Crippen LogP contribution in [0.1, 0.15) is 33.9 Å². The lowest BCUT2D eigenvalue weighted by Crippen LogP contribution is -2.29. The molecule has 1 saturated heterocycles. The van der Waals surface area contributed by atoms with Gasteiger partial charge in [-0.3, -0.25) is 14.5 Å². The van der Waals surface area contributed by atoms with Crippen LogP contribution in [0.2, 0.25) is 0 Å². The van der Waals surface area contributed by atoms with E-state index in [1.54, 1.807) is 36.4 Å². The van der Waals surface area contributed by atoms with Crippen LogP contribution >= 0.6 is 23.1 Å². The van der Waals surface area contributed by atoms with E-state index < -0.39 is 17.7 Å². The van der Waals surface area contributed by atoms with Crippen LogP contribution < -0.4 is 4.90 Å². The number of hydrogen-bond donors (Lipinski definition) is 2. The fourth-order valence-corrected chi connectivity index (χ4v) is 6.10. The third-order valence-corrected chi connectivity index (χ3v) is 8.32. The number of carbonyl (C=O) groups is 2. The molecule has 1 amide bonds. The van der Waals surface area contributed by atoms with Gasteiger partial charge in [0, 0.05) is 11.3 Å². The molecule has 3 aromatic carbocycles. The zero-order valence-corrected chi connectivity index (χ0v) is 22.0. The molecule has 0 spiro atoms. The first kappa shape index (κ1) is 25.6. The van der Waals surface area contributed by atoms with Crippen molar-refractivity contribution in [2.24, 2.45) is 0 Å². The lowest BCUT2D eigenvalue weighted by molar-refractivity contribution is -0.132. The average molecular weight is 548 g/mol. The summed E-state index contributed by atoms with van der Waals surface area (Å²) in [7, 11) is 0. The second-order valence-corrected chi connectivity index (χ2v) is 11.0. The number of ketones is 1. The van der Waals surface area contributed by atoms with Crippen molar-refractivity contribution in [2.45, 2.75) is 30.0 Å². The lowest BCUT2D eigenvalue weighted by atomic mass is 9.93. The third-order valence-electron chi connectivity index (χ3n) is 6.21. The minimum atomic E-state index is -0.993. The number of aryl methyl sites for hydroxylation is 2. The second kappa shape index (κ2) is 10.4. The molecule has 1 aliphatic rings. The van der Waals surface area contributed by atoms with Crippen LogP contribution in [-0.2, 0) is 15.3 Å². The van der Waals surface area contributed by atoms with Crippen molar-refractivity contribution in [3.8, 4) is 5.75 Å². The van der Waals surface area contributed by atoms with Gasteiger partial charge in [-0.05, 0) is 54.8 Å². The summed E-state index contributed by atoms with van der Waals surface area (Å²) in [5, 5.41) is 29.7. The molecule has 7 nitrogen and oxygen atoms in total. The summed E-state index contributed by atoms with van der Waals surface area (Å²) in [5.74, 6) is -1.98. The standard InChI is InChI=1S/C28H22FN3O4S2/c1-15-7-8-16(2)20(13-15)24(34)22-23(17-9-11-19(33)12-10-17)32(26(36)25(22)35)27-30-31-28(38-27)37-14-18-5-3-4-6-21(18)29/h3-13,23,33-34H,14H2,1-2H3/b24-22+. The summed E-state index contributed by atoms with van der Waals surface area (Å²) in [6.07, 6.45) is 0. The molecular weight excluding hydrogens is 525 g/mol. The maximum absolute atomic E-state index is 14.0. The van der Waals surface area contributed by atoms with Crippen LogP contribution in [0.4, 0.5) is 9.52 Å². The van der Waals surface area contributed by atoms with Crippen molar-refractivity contribution in [3.05, 3.63) is 106 Å². The molecule has 1 fully saturated rings. The molecule has 0 bridgehead atoms. The van der Waals surface area contributed by atoms with Gasteiger partial charge in [0.05, 0.1) is 11.6 Å². The van der Waals surface area contributed by atoms with Gasteiger partial charge in [-0.25, -0.2) is 4.39 Å². The van der Waals surface area contributed by atoms with Crippen LogP contribution in [0.15, 0.2) is 76.6 Å². The number of halogens is 1. The first-order chi connectivity index (χ1) is 18.2. The van der Waals surface area contributed by atoms with Crippen molar-refractivity contribution >= 4 is 45.7 Å². The van der Waals surface area contributed by atoms with Gasteiger partial charge >= 0.3 is 5.91 Å². The van der Waals surface area contributed by atoms with Gasteiger partial charge < -0.3 is 10.2 Å². The SMILES string of the molecule is Cc1ccc(C)c(/C(O)=C2\C(=O)C(=O)N(c3nnc(SCc4ccccc4F)s3)C2c2ccc(O)cc2)c1. The van der Waals surface area contributed by atoms with E-state index in [1.165, 1.54) is 34.9 Å². The number of thioether (sulfide) groups is 1. The second-order valence-electron chi connectivity index (χ2n) is 8.81. The van der Waals surface area contributed by atoms with E-state index in [1.807, 2.05) is 26.0 Å². The van der Waals surface area contributed by atoms with E-state index in [0.29, 0.717) is 26.8 Å². The zero-order chi connectivity index (χ0) is 27.0. The molecule has 38 heavy (non-hydrogen) atoms. The number of aliphatic hydroxyl groups excluding tert-OH is 1. The van der Waals surface area contributed by atoms with Gasteiger partial charge in [0.1, 0.15) is 17.3 Å². The number of aliphatic hydroxyl groups is 1. The Balaban J connectivity index is 1.57. The number of phenolic OH excluding ortho intramolecular Hbond substituents is 1. The van der Waals surface area contributed by atoms with Crippen LogP contribution in [0, 0.1) is 19.7 Å². The monoisotopic (exact) mass is 547 g/mol. The fraction of sp³-hybridized carbons (Fsp3) is 0.143. The highest BCUT2D eigenvalue weighted by Gasteiger charge is 2.48. The van der Waals surface area contributed by atoms with E-state index in [4.69, 9.17) is 0 Å². The number of nitrogens with zero attached hydrogens (tertiary/aromatic N) is 3. The van der Waals surface area contributed by atoms with Crippen molar-refractivity contribution in [1.82, 2.24) is 10.2 Å². The predicted octanol–water partition coefficient (Wildman–Crippen LogP) is 5.92. The third kappa shape index (κ3) is 4.80. The number of aromatic hydroxyl groups is 1. The molecule has 4 aromatic rings. The van der Waals surface area contributed by atoms with Gasteiger partial charge in [0.2, 0.25) is 5.13 Å². The van der Waals surface area contributed by atoms with Crippen LogP contribution in [-0.4, -0.2) is 32.1 Å². The van der Waals surface area contributed by atoms with Gasteiger partial charge in [0.25, 0.3) is 5.78 Å². The number of aromatic nitrogens is 2. The Labute approximate surface area is 226 Å². The highest BCUT2D eigenvalue weighted by molar-refractivity contribution is 8.00. The Hall–Kier alpha value is -4.02. The molecule has 1 atom stereocenters. The number of amides is 1. The Kier molecular flexibility index (Phi) is 7.00. The summed E-state index contributed by atoms with van der Waals surface area (Å²) in [6.45, 7) is 3.68. The number of carbonyl (C=O) groups excluding carboxylic acids is 2. The molecule has 0 aliphatic carbocycles. The van der Waals surface area contributed by atoms with Gasteiger partial charge in [-0.1, -0.05) is 71.1 Å².